The summed E-state index contributed by atoms with van der Waals surface area (Å²) < 4.78 is 10.00. The summed E-state index contributed by atoms with van der Waals surface area (Å²) in [6.07, 6.45) is 7.06. The highest BCUT2D eigenvalue weighted by molar-refractivity contribution is 6.01. The van der Waals surface area contributed by atoms with Gasteiger partial charge < -0.3 is 9.47 Å². The molecule has 0 aromatic carbocycles. The van der Waals surface area contributed by atoms with Crippen molar-refractivity contribution in [3.63, 3.8) is 0 Å². The first-order valence-corrected chi connectivity index (χ1v) is 6.07. The van der Waals surface area contributed by atoms with E-state index in [1.165, 1.54) is 12.2 Å². The Kier molecular flexibility index (Phi) is 5.79. The van der Waals surface area contributed by atoms with Crippen LogP contribution in [0.25, 0.3) is 0 Å². The molecule has 0 saturated carbocycles. The van der Waals surface area contributed by atoms with Crippen molar-refractivity contribution in [1.82, 2.24) is 0 Å². The Labute approximate surface area is 113 Å². The molecular formula is C15H18O4. The van der Waals surface area contributed by atoms with Crippen LogP contribution in [-0.4, -0.2) is 25.2 Å². The molecule has 1 atom stereocenters. The van der Waals surface area contributed by atoms with Gasteiger partial charge in [-0.15, -0.1) is 0 Å². The lowest BCUT2D eigenvalue weighted by atomic mass is 9.89. The van der Waals surface area contributed by atoms with Gasteiger partial charge in [-0.1, -0.05) is 44.4 Å². The van der Waals surface area contributed by atoms with Gasteiger partial charge in [0.25, 0.3) is 0 Å². The van der Waals surface area contributed by atoms with E-state index in [9.17, 15) is 9.59 Å². The number of hydrogen-bond acceptors (Lipinski definition) is 4. The quantitative estimate of drug-likeness (QED) is 0.544. The standard InChI is InChI=1S/C15H18O4/c1-4-9-18-14(16)12-8-6-7-11(3)13(12)15(17)19-10-5-2/h4-7,11H,1-2,8-10H2,3H3. The van der Waals surface area contributed by atoms with Crippen LogP contribution in [0.2, 0.25) is 0 Å². The number of ether oxygens (including phenoxy) is 2. The summed E-state index contributed by atoms with van der Waals surface area (Å²) in [6, 6.07) is 0. The van der Waals surface area contributed by atoms with Gasteiger partial charge in [-0.2, -0.15) is 0 Å². The normalized spacial score (nSPS) is 17.8. The summed E-state index contributed by atoms with van der Waals surface area (Å²) in [5, 5.41) is 0. The van der Waals surface area contributed by atoms with E-state index in [-0.39, 0.29) is 19.1 Å². The van der Waals surface area contributed by atoms with E-state index >= 15 is 0 Å². The fourth-order valence-electron chi connectivity index (χ4n) is 1.81. The van der Waals surface area contributed by atoms with Crippen LogP contribution in [0.1, 0.15) is 13.3 Å². The van der Waals surface area contributed by atoms with E-state index in [1.807, 2.05) is 19.1 Å². The van der Waals surface area contributed by atoms with Crippen LogP contribution in [0.4, 0.5) is 0 Å². The lowest BCUT2D eigenvalue weighted by molar-refractivity contribution is -0.141. The van der Waals surface area contributed by atoms with Crippen LogP contribution in [0.15, 0.2) is 48.6 Å². The monoisotopic (exact) mass is 262 g/mol. The van der Waals surface area contributed by atoms with Gasteiger partial charge in [0.2, 0.25) is 0 Å². The molecule has 102 valence electrons. The molecule has 4 heteroatoms. The van der Waals surface area contributed by atoms with Crippen molar-refractivity contribution in [2.75, 3.05) is 13.2 Å². The molecule has 0 aliphatic heterocycles. The summed E-state index contributed by atoms with van der Waals surface area (Å²) >= 11 is 0. The number of hydrogen-bond donors (Lipinski definition) is 0. The van der Waals surface area contributed by atoms with Crippen molar-refractivity contribution in [3.8, 4) is 0 Å². The molecular weight excluding hydrogens is 244 g/mol. The van der Waals surface area contributed by atoms with Crippen molar-refractivity contribution >= 4 is 11.9 Å². The molecule has 0 N–H and O–H groups in total. The Morgan fingerprint density at radius 3 is 2.42 bits per heavy atom. The third-order valence-corrected chi connectivity index (χ3v) is 2.66. The highest BCUT2D eigenvalue weighted by atomic mass is 16.5. The second-order valence-corrected chi connectivity index (χ2v) is 4.09. The fourth-order valence-corrected chi connectivity index (χ4v) is 1.81. The molecule has 0 amide bonds. The Morgan fingerprint density at radius 1 is 1.26 bits per heavy atom. The highest BCUT2D eigenvalue weighted by Gasteiger charge is 2.28. The Bertz CT molecular complexity index is 443. The maximum Gasteiger partial charge on any atom is 0.335 e. The second-order valence-electron chi connectivity index (χ2n) is 4.09. The first kappa shape index (κ1) is 15.0. The van der Waals surface area contributed by atoms with E-state index in [1.54, 1.807) is 0 Å². The second kappa shape index (κ2) is 7.36. The molecule has 0 aromatic rings. The molecule has 0 radical (unpaired) electrons. The predicted octanol–water partition coefficient (Wildman–Crippen LogP) is 2.34. The summed E-state index contributed by atoms with van der Waals surface area (Å²) in [4.78, 5) is 23.9. The van der Waals surface area contributed by atoms with Crippen molar-refractivity contribution < 1.29 is 19.1 Å². The molecule has 4 nitrogen and oxygen atoms in total. The number of allylic oxidation sites excluding steroid dienone is 2. The molecule has 0 fully saturated rings. The van der Waals surface area contributed by atoms with Crippen LogP contribution in [0.5, 0.6) is 0 Å². The van der Waals surface area contributed by atoms with Crippen LogP contribution in [0.3, 0.4) is 0 Å². The van der Waals surface area contributed by atoms with E-state index in [0.29, 0.717) is 17.6 Å². The molecule has 1 rings (SSSR count). The topological polar surface area (TPSA) is 52.6 Å². The van der Waals surface area contributed by atoms with E-state index in [4.69, 9.17) is 9.47 Å². The molecule has 0 aromatic heterocycles. The van der Waals surface area contributed by atoms with Gasteiger partial charge >= 0.3 is 11.9 Å². The zero-order valence-corrected chi connectivity index (χ0v) is 11.1. The molecule has 0 bridgehead atoms. The van der Waals surface area contributed by atoms with Gasteiger partial charge in [0.1, 0.15) is 13.2 Å². The van der Waals surface area contributed by atoms with Crippen LogP contribution in [-0.2, 0) is 19.1 Å². The minimum Gasteiger partial charge on any atom is -0.458 e. The number of rotatable bonds is 6. The molecule has 0 spiro atoms. The van der Waals surface area contributed by atoms with Crippen molar-refractivity contribution in [1.29, 1.82) is 0 Å². The van der Waals surface area contributed by atoms with Gasteiger partial charge in [0, 0.05) is 5.92 Å². The molecule has 1 aliphatic rings. The van der Waals surface area contributed by atoms with E-state index in [2.05, 4.69) is 13.2 Å². The lowest BCUT2D eigenvalue weighted by Gasteiger charge is -2.19. The summed E-state index contributed by atoms with van der Waals surface area (Å²) in [6.45, 7) is 9.03. The van der Waals surface area contributed by atoms with Gasteiger partial charge in [-0.05, 0) is 6.42 Å². The molecule has 19 heavy (non-hydrogen) atoms. The maximum atomic E-state index is 12.0. The lowest BCUT2D eigenvalue weighted by Crippen LogP contribution is -2.22. The maximum absolute atomic E-state index is 12.0. The van der Waals surface area contributed by atoms with E-state index < -0.39 is 11.9 Å². The Morgan fingerprint density at radius 2 is 1.84 bits per heavy atom. The zero-order valence-electron chi connectivity index (χ0n) is 11.1. The first-order chi connectivity index (χ1) is 9.11. The SMILES string of the molecule is C=CCOC(=O)C1=C(C(=O)OCC=C)C(C)C=CC1. The van der Waals surface area contributed by atoms with Crippen molar-refractivity contribution in [2.24, 2.45) is 5.92 Å². The number of carbonyl (C=O) groups is 2. The average Bonchev–Trinajstić information content (AvgIpc) is 2.41. The van der Waals surface area contributed by atoms with Crippen molar-refractivity contribution in [2.45, 2.75) is 13.3 Å². The average molecular weight is 262 g/mol. The third-order valence-electron chi connectivity index (χ3n) is 2.66. The number of carbonyl (C=O) groups excluding carboxylic acids is 2. The molecule has 0 saturated heterocycles. The number of esters is 2. The molecule has 1 aliphatic carbocycles. The summed E-state index contributed by atoms with van der Waals surface area (Å²) in [5.41, 5.74) is 0.712. The minimum atomic E-state index is -0.498. The molecule has 1 unspecified atom stereocenters. The molecule has 0 heterocycles. The first-order valence-electron chi connectivity index (χ1n) is 6.07. The van der Waals surface area contributed by atoms with Gasteiger partial charge in [-0.25, -0.2) is 9.59 Å². The van der Waals surface area contributed by atoms with Crippen LogP contribution >= 0.6 is 0 Å². The largest absolute Gasteiger partial charge is 0.458 e. The van der Waals surface area contributed by atoms with Gasteiger partial charge in [-0.3, -0.25) is 0 Å². The van der Waals surface area contributed by atoms with Crippen LogP contribution in [0, 0.1) is 5.92 Å². The summed E-state index contributed by atoms with van der Waals surface area (Å²) in [5.74, 6) is -1.17. The van der Waals surface area contributed by atoms with Crippen molar-refractivity contribution in [3.05, 3.63) is 48.6 Å². The Balaban J connectivity index is 2.96. The predicted molar refractivity (Wildman–Crippen MR) is 72.3 cm³/mol. The minimum absolute atomic E-state index is 0.119. The van der Waals surface area contributed by atoms with Gasteiger partial charge in [0.05, 0.1) is 11.1 Å². The van der Waals surface area contributed by atoms with E-state index in [0.717, 1.165) is 0 Å². The summed E-state index contributed by atoms with van der Waals surface area (Å²) in [7, 11) is 0. The highest BCUT2D eigenvalue weighted by Crippen LogP contribution is 2.26. The third kappa shape index (κ3) is 3.95. The smallest absolute Gasteiger partial charge is 0.335 e. The fraction of sp³-hybridized carbons (Fsp3) is 0.333. The Hall–Kier alpha value is -2.10. The van der Waals surface area contributed by atoms with Crippen LogP contribution < -0.4 is 0 Å². The zero-order chi connectivity index (χ0) is 14.3. The van der Waals surface area contributed by atoms with Gasteiger partial charge in [0.15, 0.2) is 0 Å².